The molecule has 2 heterocycles. The zero-order valence-corrected chi connectivity index (χ0v) is 17.2. The third-order valence-electron chi connectivity index (χ3n) is 5.51. The third-order valence-corrected chi connectivity index (χ3v) is 5.51. The first-order valence-corrected chi connectivity index (χ1v) is 10.3. The number of nitrogens with zero attached hydrogens (tertiary/aromatic N) is 4. The van der Waals surface area contributed by atoms with E-state index < -0.39 is 0 Å². The molecule has 5 heteroatoms. The molecular weight excluding hydrogens is 360 g/mol. The summed E-state index contributed by atoms with van der Waals surface area (Å²) >= 11 is 0. The van der Waals surface area contributed by atoms with Gasteiger partial charge < -0.3 is 9.80 Å². The molecule has 2 aromatic carbocycles. The van der Waals surface area contributed by atoms with E-state index in [1.807, 2.05) is 55.3 Å². The first kappa shape index (κ1) is 19.2. The van der Waals surface area contributed by atoms with Gasteiger partial charge in [-0.3, -0.25) is 4.79 Å². The average molecular weight is 389 g/mol. The van der Waals surface area contributed by atoms with Gasteiger partial charge in [-0.25, -0.2) is 4.68 Å². The molecule has 5 nitrogen and oxygen atoms in total. The average Bonchev–Trinajstić information content (AvgIpc) is 3.21. The van der Waals surface area contributed by atoms with Crippen LogP contribution in [0, 0.1) is 6.92 Å². The molecule has 0 aliphatic carbocycles. The number of carbonyl (C=O) groups is 1. The van der Waals surface area contributed by atoms with Crippen LogP contribution >= 0.6 is 0 Å². The first-order chi connectivity index (χ1) is 14.1. The van der Waals surface area contributed by atoms with Crippen molar-refractivity contribution < 1.29 is 4.79 Å². The highest BCUT2D eigenvalue weighted by Gasteiger charge is 2.14. The molecule has 1 amide bonds. The molecule has 0 radical (unpaired) electrons. The predicted molar refractivity (Wildman–Crippen MR) is 117 cm³/mol. The van der Waals surface area contributed by atoms with E-state index in [-0.39, 0.29) is 5.91 Å². The highest BCUT2D eigenvalue weighted by Crippen LogP contribution is 2.21. The minimum atomic E-state index is 0.0216. The van der Waals surface area contributed by atoms with Crippen LogP contribution in [0.25, 0.3) is 5.69 Å². The van der Waals surface area contributed by atoms with Crippen LogP contribution in [-0.4, -0.2) is 40.7 Å². The molecule has 0 bridgehead atoms. The quantitative estimate of drug-likeness (QED) is 0.649. The van der Waals surface area contributed by atoms with Crippen LogP contribution in [0.15, 0.2) is 60.9 Å². The summed E-state index contributed by atoms with van der Waals surface area (Å²) in [7, 11) is 1.85. The predicted octanol–water partition coefficient (Wildman–Crippen LogP) is 4.44. The number of hydrogen-bond donors (Lipinski definition) is 0. The molecule has 29 heavy (non-hydrogen) atoms. The second-order valence-corrected chi connectivity index (χ2v) is 7.88. The van der Waals surface area contributed by atoms with Crippen molar-refractivity contribution in [1.82, 2.24) is 14.7 Å². The molecule has 4 rings (SSSR count). The second kappa shape index (κ2) is 8.52. The maximum atomic E-state index is 12.8. The van der Waals surface area contributed by atoms with E-state index in [1.54, 1.807) is 4.90 Å². The lowest BCUT2D eigenvalue weighted by Gasteiger charge is -2.29. The number of aryl methyl sites for hydroxylation is 1. The summed E-state index contributed by atoms with van der Waals surface area (Å²) < 4.78 is 1.82. The van der Waals surface area contributed by atoms with Gasteiger partial charge in [0, 0.05) is 44.1 Å². The lowest BCUT2D eigenvalue weighted by atomic mass is 10.1. The van der Waals surface area contributed by atoms with Crippen LogP contribution in [0.1, 0.15) is 40.7 Å². The topological polar surface area (TPSA) is 41.4 Å². The van der Waals surface area contributed by atoms with Crippen molar-refractivity contribution >= 4 is 11.6 Å². The number of benzene rings is 2. The van der Waals surface area contributed by atoms with Crippen molar-refractivity contribution in [3.8, 4) is 5.69 Å². The summed E-state index contributed by atoms with van der Waals surface area (Å²) in [6.07, 6.45) is 7.68. The molecule has 1 aliphatic rings. The SMILES string of the molecule is Cc1cnn(-c2ccc(C(=O)N(C)Cc3ccc(N4CCCCC4)cc3)cc2)c1. The van der Waals surface area contributed by atoms with Gasteiger partial charge in [0.15, 0.2) is 0 Å². The molecule has 3 aromatic rings. The van der Waals surface area contributed by atoms with Crippen molar-refractivity contribution in [2.75, 3.05) is 25.0 Å². The smallest absolute Gasteiger partial charge is 0.253 e. The number of rotatable bonds is 5. The number of aromatic nitrogens is 2. The van der Waals surface area contributed by atoms with E-state index in [2.05, 4.69) is 34.3 Å². The molecule has 0 atom stereocenters. The molecule has 0 spiro atoms. The monoisotopic (exact) mass is 388 g/mol. The highest BCUT2D eigenvalue weighted by atomic mass is 16.2. The Kier molecular flexibility index (Phi) is 5.65. The molecule has 150 valence electrons. The minimum absolute atomic E-state index is 0.0216. The highest BCUT2D eigenvalue weighted by molar-refractivity contribution is 5.94. The lowest BCUT2D eigenvalue weighted by molar-refractivity contribution is 0.0785. The second-order valence-electron chi connectivity index (χ2n) is 7.88. The van der Waals surface area contributed by atoms with Gasteiger partial charge in [0.25, 0.3) is 5.91 Å². The lowest BCUT2D eigenvalue weighted by Crippen LogP contribution is -2.29. The fourth-order valence-corrected chi connectivity index (χ4v) is 3.84. The first-order valence-electron chi connectivity index (χ1n) is 10.3. The van der Waals surface area contributed by atoms with Crippen molar-refractivity contribution in [2.24, 2.45) is 0 Å². The van der Waals surface area contributed by atoms with Gasteiger partial charge in [-0.1, -0.05) is 12.1 Å². The molecule has 0 unspecified atom stereocenters. The van der Waals surface area contributed by atoms with E-state index in [4.69, 9.17) is 0 Å². The van der Waals surface area contributed by atoms with Crippen LogP contribution in [0.5, 0.6) is 0 Å². The van der Waals surface area contributed by atoms with Crippen LogP contribution in [0.2, 0.25) is 0 Å². The fraction of sp³-hybridized carbons (Fsp3) is 0.333. The summed E-state index contributed by atoms with van der Waals surface area (Å²) in [5.74, 6) is 0.0216. The zero-order chi connectivity index (χ0) is 20.2. The molecule has 1 aromatic heterocycles. The van der Waals surface area contributed by atoms with E-state index >= 15 is 0 Å². The van der Waals surface area contributed by atoms with Gasteiger partial charge in [-0.05, 0) is 73.7 Å². The standard InChI is InChI=1S/C24H28N4O/c1-19-16-25-28(17-19)23-12-8-21(9-13-23)24(29)26(2)18-20-6-10-22(11-7-20)27-14-4-3-5-15-27/h6-13,16-17H,3-5,14-15,18H2,1-2H3. The molecule has 0 N–H and O–H groups in total. The van der Waals surface area contributed by atoms with Crippen molar-refractivity contribution in [3.05, 3.63) is 77.6 Å². The Morgan fingerprint density at radius 1 is 0.966 bits per heavy atom. The summed E-state index contributed by atoms with van der Waals surface area (Å²) in [5, 5.41) is 4.31. The van der Waals surface area contributed by atoms with Crippen molar-refractivity contribution in [2.45, 2.75) is 32.7 Å². The molecular formula is C24H28N4O. The van der Waals surface area contributed by atoms with Crippen molar-refractivity contribution in [3.63, 3.8) is 0 Å². The third kappa shape index (κ3) is 4.50. The Balaban J connectivity index is 1.38. The maximum absolute atomic E-state index is 12.8. The van der Waals surface area contributed by atoms with Crippen LogP contribution < -0.4 is 4.90 Å². The van der Waals surface area contributed by atoms with Gasteiger partial charge in [-0.15, -0.1) is 0 Å². The Hall–Kier alpha value is -3.08. The maximum Gasteiger partial charge on any atom is 0.253 e. The Bertz CT molecular complexity index is 953. The van der Waals surface area contributed by atoms with Gasteiger partial charge in [0.1, 0.15) is 0 Å². The summed E-state index contributed by atoms with van der Waals surface area (Å²) in [5.41, 5.74) is 5.17. The van der Waals surface area contributed by atoms with Gasteiger partial charge in [-0.2, -0.15) is 5.10 Å². The molecule has 1 fully saturated rings. The van der Waals surface area contributed by atoms with E-state index in [0.29, 0.717) is 12.1 Å². The molecule has 1 saturated heterocycles. The van der Waals surface area contributed by atoms with E-state index in [9.17, 15) is 4.79 Å². The van der Waals surface area contributed by atoms with E-state index in [1.165, 1.54) is 24.9 Å². The Labute approximate surface area is 172 Å². The number of anilines is 1. The Morgan fingerprint density at radius 2 is 1.62 bits per heavy atom. The Morgan fingerprint density at radius 3 is 2.24 bits per heavy atom. The minimum Gasteiger partial charge on any atom is -0.372 e. The van der Waals surface area contributed by atoms with Gasteiger partial charge >= 0.3 is 0 Å². The van der Waals surface area contributed by atoms with Crippen LogP contribution in [-0.2, 0) is 6.54 Å². The summed E-state index contributed by atoms with van der Waals surface area (Å²) in [6.45, 7) is 4.90. The number of amides is 1. The molecule has 1 aliphatic heterocycles. The fourth-order valence-electron chi connectivity index (χ4n) is 3.84. The summed E-state index contributed by atoms with van der Waals surface area (Å²) in [6, 6.07) is 16.2. The van der Waals surface area contributed by atoms with Gasteiger partial charge in [0.2, 0.25) is 0 Å². The van der Waals surface area contributed by atoms with Crippen molar-refractivity contribution in [1.29, 1.82) is 0 Å². The van der Waals surface area contributed by atoms with Gasteiger partial charge in [0.05, 0.1) is 11.9 Å². The number of carbonyl (C=O) groups excluding carboxylic acids is 1. The normalized spacial score (nSPS) is 14.1. The largest absolute Gasteiger partial charge is 0.372 e. The summed E-state index contributed by atoms with van der Waals surface area (Å²) in [4.78, 5) is 17.0. The van der Waals surface area contributed by atoms with E-state index in [0.717, 1.165) is 29.9 Å². The van der Waals surface area contributed by atoms with Crippen LogP contribution in [0.3, 0.4) is 0 Å². The molecule has 0 saturated carbocycles. The number of piperidine rings is 1. The van der Waals surface area contributed by atoms with Crippen LogP contribution in [0.4, 0.5) is 5.69 Å². The number of hydrogen-bond acceptors (Lipinski definition) is 3. The zero-order valence-electron chi connectivity index (χ0n) is 17.2.